The molecule has 5 heteroatoms. The fraction of sp³-hybridized carbons (Fsp3) is 0. The van der Waals surface area contributed by atoms with Gasteiger partial charge >= 0.3 is 7.32 Å². The topological polar surface area (TPSA) is 62.6 Å². The van der Waals surface area contributed by atoms with Crippen molar-refractivity contribution in [3.63, 3.8) is 0 Å². The second-order valence-electron chi connectivity index (χ2n) is 3.18. The second kappa shape index (κ2) is 4.78. The molecule has 2 aromatic rings. The fourth-order valence-electron chi connectivity index (χ4n) is 1.44. The highest BCUT2D eigenvalue weighted by Gasteiger charge is 2.14. The van der Waals surface area contributed by atoms with Crippen molar-refractivity contribution in [2.45, 2.75) is 0 Å². The van der Waals surface area contributed by atoms with Gasteiger partial charge in [0.05, 0.1) is 0 Å². The summed E-state index contributed by atoms with van der Waals surface area (Å²) in [7, 11) is -1.82. The molecule has 16 heavy (non-hydrogen) atoms. The maximum Gasteiger partial charge on any atom is 0.707 e. The van der Waals surface area contributed by atoms with Crippen LogP contribution in [0.15, 0.2) is 48.8 Å². The molecule has 0 spiro atoms. The van der Waals surface area contributed by atoms with Gasteiger partial charge in [-0.3, -0.25) is 4.98 Å². The van der Waals surface area contributed by atoms with Crippen LogP contribution in [0.25, 0.3) is 11.1 Å². The minimum atomic E-state index is -1.82. The number of pyridine rings is 1. The predicted molar refractivity (Wildman–Crippen MR) is 60.5 cm³/mol. The molecule has 1 aromatic heterocycles. The number of rotatable bonds is 3. The molecule has 0 aliphatic heterocycles. The highest BCUT2D eigenvalue weighted by molar-refractivity contribution is 6.34. The lowest BCUT2D eigenvalue weighted by atomic mass is 10.1. The summed E-state index contributed by atoms with van der Waals surface area (Å²) in [6, 6.07) is 10.8. The summed E-state index contributed by atoms with van der Waals surface area (Å²) in [5, 5.41) is 17.6. The van der Waals surface area contributed by atoms with Crippen molar-refractivity contribution in [1.29, 1.82) is 0 Å². The third kappa shape index (κ3) is 2.39. The highest BCUT2D eigenvalue weighted by atomic mass is 16.6. The molecule has 0 fully saturated rings. The molecule has 1 aromatic carbocycles. The zero-order valence-electron chi connectivity index (χ0n) is 8.45. The van der Waals surface area contributed by atoms with Gasteiger partial charge in [-0.15, -0.1) is 0 Å². The third-order valence-corrected chi connectivity index (χ3v) is 2.09. The minimum Gasteiger partial charge on any atom is -0.512 e. The standard InChI is InChI=1S/C11H10BNO3/c14-12(15)16-11-6-2-1-5-10(11)9-4-3-7-13-8-9/h1-8,14-15H. The molecular formula is C11H10BNO3. The first-order chi connectivity index (χ1) is 7.77. The van der Waals surface area contributed by atoms with E-state index in [1.54, 1.807) is 24.5 Å². The summed E-state index contributed by atoms with van der Waals surface area (Å²) in [5.74, 6) is 0.408. The summed E-state index contributed by atoms with van der Waals surface area (Å²) >= 11 is 0. The predicted octanol–water partition coefficient (Wildman–Crippen LogP) is 1.10. The average molecular weight is 215 g/mol. The van der Waals surface area contributed by atoms with E-state index >= 15 is 0 Å². The van der Waals surface area contributed by atoms with Crippen LogP contribution < -0.4 is 4.65 Å². The number of nitrogens with zero attached hydrogens (tertiary/aromatic N) is 1. The van der Waals surface area contributed by atoms with Crippen LogP contribution in [0.2, 0.25) is 0 Å². The highest BCUT2D eigenvalue weighted by Crippen LogP contribution is 2.28. The fourth-order valence-corrected chi connectivity index (χ4v) is 1.44. The van der Waals surface area contributed by atoms with Crippen molar-refractivity contribution in [3.05, 3.63) is 48.8 Å². The van der Waals surface area contributed by atoms with Crippen molar-refractivity contribution < 1.29 is 14.7 Å². The van der Waals surface area contributed by atoms with Crippen molar-refractivity contribution in [2.75, 3.05) is 0 Å². The summed E-state index contributed by atoms with van der Waals surface area (Å²) in [5.41, 5.74) is 1.63. The van der Waals surface area contributed by atoms with Gasteiger partial charge in [0, 0.05) is 23.5 Å². The van der Waals surface area contributed by atoms with E-state index in [2.05, 4.69) is 4.98 Å². The van der Waals surface area contributed by atoms with Gasteiger partial charge in [0.2, 0.25) is 0 Å². The lowest BCUT2D eigenvalue weighted by Gasteiger charge is -2.10. The number of para-hydroxylation sites is 1. The Bertz CT molecular complexity index is 462. The van der Waals surface area contributed by atoms with Crippen LogP contribution >= 0.6 is 0 Å². The molecule has 80 valence electrons. The minimum absolute atomic E-state index is 0.408. The van der Waals surface area contributed by atoms with Crippen LogP contribution in [-0.4, -0.2) is 22.4 Å². The Morgan fingerprint density at radius 1 is 1.06 bits per heavy atom. The van der Waals surface area contributed by atoms with Gasteiger partial charge in [0.15, 0.2) is 0 Å². The van der Waals surface area contributed by atoms with Gasteiger partial charge in [0.1, 0.15) is 5.75 Å². The Hall–Kier alpha value is -1.85. The molecule has 0 aliphatic rings. The van der Waals surface area contributed by atoms with Crippen LogP contribution in [0.3, 0.4) is 0 Å². The Morgan fingerprint density at radius 3 is 2.56 bits per heavy atom. The monoisotopic (exact) mass is 215 g/mol. The Morgan fingerprint density at radius 2 is 1.88 bits per heavy atom. The van der Waals surface area contributed by atoms with Crippen molar-refractivity contribution >= 4 is 7.32 Å². The molecule has 2 rings (SSSR count). The van der Waals surface area contributed by atoms with Crippen molar-refractivity contribution in [3.8, 4) is 16.9 Å². The summed E-state index contributed by atoms with van der Waals surface area (Å²) < 4.78 is 4.88. The first-order valence-electron chi connectivity index (χ1n) is 4.79. The van der Waals surface area contributed by atoms with Crippen LogP contribution in [0.4, 0.5) is 0 Å². The number of benzene rings is 1. The Kier molecular flexibility index (Phi) is 3.19. The Balaban J connectivity index is 2.41. The van der Waals surface area contributed by atoms with Crippen LogP contribution in [0.1, 0.15) is 0 Å². The van der Waals surface area contributed by atoms with E-state index in [0.29, 0.717) is 5.75 Å². The number of aromatic nitrogens is 1. The van der Waals surface area contributed by atoms with Gasteiger partial charge in [-0.25, -0.2) is 0 Å². The van der Waals surface area contributed by atoms with E-state index in [1.807, 2.05) is 24.3 Å². The average Bonchev–Trinajstić information content (AvgIpc) is 2.30. The first-order valence-corrected chi connectivity index (χ1v) is 4.79. The summed E-state index contributed by atoms with van der Waals surface area (Å²) in [4.78, 5) is 4.00. The molecule has 2 N–H and O–H groups in total. The molecule has 0 saturated heterocycles. The SMILES string of the molecule is OB(O)Oc1ccccc1-c1cccnc1. The number of hydrogen-bond donors (Lipinski definition) is 2. The lowest BCUT2D eigenvalue weighted by Crippen LogP contribution is -2.20. The Labute approximate surface area is 93.3 Å². The lowest BCUT2D eigenvalue weighted by molar-refractivity contribution is 0.288. The molecular weight excluding hydrogens is 205 g/mol. The van der Waals surface area contributed by atoms with Crippen molar-refractivity contribution in [1.82, 2.24) is 4.98 Å². The smallest absolute Gasteiger partial charge is 0.512 e. The molecule has 0 saturated carbocycles. The maximum absolute atomic E-state index is 8.79. The van der Waals surface area contributed by atoms with Crippen molar-refractivity contribution in [2.24, 2.45) is 0 Å². The molecule has 0 amide bonds. The molecule has 0 radical (unpaired) electrons. The normalized spacial score (nSPS) is 9.88. The van der Waals surface area contributed by atoms with E-state index in [-0.39, 0.29) is 0 Å². The van der Waals surface area contributed by atoms with E-state index < -0.39 is 7.32 Å². The van der Waals surface area contributed by atoms with E-state index in [9.17, 15) is 0 Å². The molecule has 0 bridgehead atoms. The molecule has 1 heterocycles. The van der Waals surface area contributed by atoms with Crippen LogP contribution in [0.5, 0.6) is 5.75 Å². The quantitative estimate of drug-likeness (QED) is 0.752. The molecule has 0 unspecified atom stereocenters. The molecule has 4 nitrogen and oxygen atoms in total. The first kappa shape index (κ1) is 10.7. The maximum atomic E-state index is 8.79. The zero-order valence-corrected chi connectivity index (χ0v) is 8.45. The van der Waals surface area contributed by atoms with Gasteiger partial charge in [-0.2, -0.15) is 0 Å². The summed E-state index contributed by atoms with van der Waals surface area (Å²) in [6.45, 7) is 0. The van der Waals surface area contributed by atoms with E-state index in [1.165, 1.54) is 0 Å². The van der Waals surface area contributed by atoms with Gasteiger partial charge in [0.25, 0.3) is 0 Å². The van der Waals surface area contributed by atoms with E-state index in [0.717, 1.165) is 11.1 Å². The van der Waals surface area contributed by atoms with Gasteiger partial charge in [-0.05, 0) is 12.1 Å². The largest absolute Gasteiger partial charge is 0.707 e. The third-order valence-electron chi connectivity index (χ3n) is 2.09. The van der Waals surface area contributed by atoms with Crippen LogP contribution in [-0.2, 0) is 0 Å². The zero-order chi connectivity index (χ0) is 11.4. The van der Waals surface area contributed by atoms with E-state index in [4.69, 9.17) is 14.7 Å². The number of hydrogen-bond acceptors (Lipinski definition) is 4. The summed E-state index contributed by atoms with van der Waals surface area (Å²) in [6.07, 6.45) is 3.36. The van der Waals surface area contributed by atoms with Gasteiger partial charge in [-0.1, -0.05) is 24.3 Å². The van der Waals surface area contributed by atoms with Crippen LogP contribution in [0, 0.1) is 0 Å². The molecule has 0 atom stereocenters. The second-order valence-corrected chi connectivity index (χ2v) is 3.18. The van der Waals surface area contributed by atoms with Gasteiger partial charge < -0.3 is 14.7 Å². The molecule has 0 aliphatic carbocycles.